The summed E-state index contributed by atoms with van der Waals surface area (Å²) in [5, 5.41) is 14.5. The molecule has 1 aliphatic rings. The molecule has 1 heterocycles. The van der Waals surface area contributed by atoms with Crippen LogP contribution in [0.15, 0.2) is 0 Å². The molecule has 1 aliphatic heterocycles. The number of nitrogens with one attached hydrogen (secondary N) is 2. The first-order valence-electron chi connectivity index (χ1n) is 6.10. The van der Waals surface area contributed by atoms with E-state index in [1.165, 1.54) is 0 Å². The number of hydrogen-bond donors (Lipinski definition) is 4. The highest BCUT2D eigenvalue weighted by Crippen LogP contribution is 2.04. The lowest BCUT2D eigenvalue weighted by Gasteiger charge is -2.11. The third-order valence-corrected chi connectivity index (χ3v) is 2.94. The summed E-state index contributed by atoms with van der Waals surface area (Å²) in [5.74, 6) is -0.922. The van der Waals surface area contributed by atoms with E-state index in [0.717, 1.165) is 25.8 Å². The Hall–Kier alpha value is -1.14. The number of hydrogen-bond acceptors (Lipinski definition) is 4. The van der Waals surface area contributed by atoms with Crippen molar-refractivity contribution in [1.82, 2.24) is 10.6 Å². The standard InChI is InChI=1S/C11H21N3O3/c12-8(11(16)17)4-1-2-6-14-10(15)9-5-3-7-13-9/h8-9,13H,1-7,12H2,(H,14,15)(H,16,17)/t8-,9+/m0/s1. The highest BCUT2D eigenvalue weighted by molar-refractivity contribution is 5.81. The van der Waals surface area contributed by atoms with Crippen LogP contribution in [0.2, 0.25) is 0 Å². The van der Waals surface area contributed by atoms with Crippen LogP contribution in [0.3, 0.4) is 0 Å². The van der Waals surface area contributed by atoms with Crippen LogP contribution in [-0.2, 0) is 9.59 Å². The van der Waals surface area contributed by atoms with E-state index < -0.39 is 12.0 Å². The number of unbranched alkanes of at least 4 members (excludes halogenated alkanes) is 1. The lowest BCUT2D eigenvalue weighted by molar-refractivity contribution is -0.138. The molecule has 0 aromatic rings. The Morgan fingerprint density at radius 3 is 2.82 bits per heavy atom. The fraction of sp³-hybridized carbons (Fsp3) is 0.818. The number of carbonyl (C=O) groups excluding carboxylic acids is 1. The monoisotopic (exact) mass is 243 g/mol. The average molecular weight is 243 g/mol. The van der Waals surface area contributed by atoms with Gasteiger partial charge in [-0.1, -0.05) is 0 Å². The number of carboxylic acids is 1. The molecular weight excluding hydrogens is 222 g/mol. The zero-order valence-corrected chi connectivity index (χ0v) is 9.95. The van der Waals surface area contributed by atoms with E-state index in [4.69, 9.17) is 10.8 Å². The van der Waals surface area contributed by atoms with Crippen molar-refractivity contribution in [2.24, 2.45) is 5.73 Å². The van der Waals surface area contributed by atoms with Crippen molar-refractivity contribution in [2.45, 2.75) is 44.2 Å². The van der Waals surface area contributed by atoms with Crippen molar-refractivity contribution < 1.29 is 14.7 Å². The van der Waals surface area contributed by atoms with Gasteiger partial charge in [-0.3, -0.25) is 9.59 Å². The molecule has 0 bridgehead atoms. The summed E-state index contributed by atoms with van der Waals surface area (Å²) < 4.78 is 0. The van der Waals surface area contributed by atoms with Gasteiger partial charge in [0.1, 0.15) is 6.04 Å². The van der Waals surface area contributed by atoms with Crippen molar-refractivity contribution in [3.8, 4) is 0 Å². The summed E-state index contributed by atoms with van der Waals surface area (Å²) in [6.45, 7) is 1.49. The molecule has 6 nitrogen and oxygen atoms in total. The van der Waals surface area contributed by atoms with Gasteiger partial charge in [-0.2, -0.15) is 0 Å². The Morgan fingerprint density at radius 2 is 2.24 bits per heavy atom. The van der Waals surface area contributed by atoms with Gasteiger partial charge in [-0.05, 0) is 38.6 Å². The average Bonchev–Trinajstić information content (AvgIpc) is 2.81. The van der Waals surface area contributed by atoms with Crippen LogP contribution >= 0.6 is 0 Å². The predicted octanol–water partition coefficient (Wildman–Crippen LogP) is -0.563. The van der Waals surface area contributed by atoms with Gasteiger partial charge < -0.3 is 21.5 Å². The quantitative estimate of drug-likeness (QED) is 0.449. The molecule has 1 amide bonds. The largest absolute Gasteiger partial charge is 0.480 e. The molecule has 0 radical (unpaired) electrons. The third kappa shape index (κ3) is 5.14. The van der Waals surface area contributed by atoms with E-state index >= 15 is 0 Å². The van der Waals surface area contributed by atoms with E-state index in [2.05, 4.69) is 10.6 Å². The van der Waals surface area contributed by atoms with Gasteiger partial charge in [0.05, 0.1) is 6.04 Å². The molecule has 0 aliphatic carbocycles. The number of amides is 1. The molecular formula is C11H21N3O3. The molecule has 0 saturated carbocycles. The Balaban J connectivity index is 2.00. The molecule has 5 N–H and O–H groups in total. The third-order valence-electron chi connectivity index (χ3n) is 2.94. The van der Waals surface area contributed by atoms with E-state index in [9.17, 15) is 9.59 Å². The number of aliphatic carboxylic acids is 1. The van der Waals surface area contributed by atoms with Crippen molar-refractivity contribution in [2.75, 3.05) is 13.1 Å². The molecule has 1 rings (SSSR count). The molecule has 1 saturated heterocycles. The van der Waals surface area contributed by atoms with Crippen LogP contribution in [0.1, 0.15) is 32.1 Å². The van der Waals surface area contributed by atoms with Gasteiger partial charge in [0.2, 0.25) is 5.91 Å². The molecule has 17 heavy (non-hydrogen) atoms. The maximum atomic E-state index is 11.6. The zero-order valence-electron chi connectivity index (χ0n) is 9.95. The molecule has 98 valence electrons. The van der Waals surface area contributed by atoms with Crippen LogP contribution in [0.25, 0.3) is 0 Å². The van der Waals surface area contributed by atoms with Crippen LogP contribution in [0.4, 0.5) is 0 Å². The fourth-order valence-electron chi connectivity index (χ4n) is 1.86. The van der Waals surface area contributed by atoms with Crippen LogP contribution < -0.4 is 16.4 Å². The minimum absolute atomic E-state index is 0.0451. The first kappa shape index (κ1) is 13.9. The number of rotatable bonds is 7. The van der Waals surface area contributed by atoms with Crippen molar-refractivity contribution in [3.05, 3.63) is 0 Å². The van der Waals surface area contributed by atoms with Gasteiger partial charge in [0, 0.05) is 6.54 Å². The number of carbonyl (C=O) groups is 2. The predicted molar refractivity (Wildman–Crippen MR) is 63.5 cm³/mol. The second-order valence-corrected chi connectivity index (χ2v) is 4.38. The topological polar surface area (TPSA) is 104 Å². The van der Waals surface area contributed by atoms with Gasteiger partial charge in [0.15, 0.2) is 0 Å². The summed E-state index contributed by atoms with van der Waals surface area (Å²) in [6.07, 6.45) is 3.87. The highest BCUT2D eigenvalue weighted by Gasteiger charge is 2.21. The van der Waals surface area contributed by atoms with Crippen molar-refractivity contribution in [3.63, 3.8) is 0 Å². The molecule has 6 heteroatoms. The summed E-state index contributed by atoms with van der Waals surface area (Å²) in [6, 6.07) is -0.835. The molecule has 1 fully saturated rings. The molecule has 0 aromatic heterocycles. The second-order valence-electron chi connectivity index (χ2n) is 4.38. The normalized spacial score (nSPS) is 21.1. The maximum absolute atomic E-state index is 11.6. The van der Waals surface area contributed by atoms with Crippen LogP contribution in [-0.4, -0.2) is 42.2 Å². The Bertz CT molecular complexity index is 265. The number of nitrogens with two attached hydrogens (primary N) is 1. The van der Waals surface area contributed by atoms with E-state index in [1.54, 1.807) is 0 Å². The van der Waals surface area contributed by atoms with Gasteiger partial charge in [-0.15, -0.1) is 0 Å². The number of carboxylic acid groups (broad SMARTS) is 1. The first-order valence-corrected chi connectivity index (χ1v) is 6.10. The van der Waals surface area contributed by atoms with Gasteiger partial charge >= 0.3 is 5.97 Å². The van der Waals surface area contributed by atoms with E-state index in [1.807, 2.05) is 0 Å². The summed E-state index contributed by atoms with van der Waals surface area (Å²) in [4.78, 5) is 22.0. The Morgan fingerprint density at radius 1 is 1.47 bits per heavy atom. The second kappa shape index (κ2) is 7.24. The van der Waals surface area contributed by atoms with Crippen molar-refractivity contribution in [1.29, 1.82) is 0 Å². The smallest absolute Gasteiger partial charge is 0.320 e. The molecule has 2 atom stereocenters. The maximum Gasteiger partial charge on any atom is 0.320 e. The fourth-order valence-corrected chi connectivity index (χ4v) is 1.86. The molecule has 0 spiro atoms. The highest BCUT2D eigenvalue weighted by atomic mass is 16.4. The summed E-state index contributed by atoms with van der Waals surface area (Å²) >= 11 is 0. The summed E-state index contributed by atoms with van der Waals surface area (Å²) in [5.41, 5.74) is 5.36. The minimum Gasteiger partial charge on any atom is -0.480 e. The van der Waals surface area contributed by atoms with Crippen molar-refractivity contribution >= 4 is 11.9 Å². The first-order chi connectivity index (χ1) is 8.11. The van der Waals surface area contributed by atoms with Crippen LogP contribution in [0, 0.1) is 0 Å². The Labute approximate surface area is 101 Å². The SMILES string of the molecule is N[C@@H](CCCCNC(=O)[C@H]1CCCN1)C(=O)O. The van der Waals surface area contributed by atoms with E-state index in [-0.39, 0.29) is 11.9 Å². The van der Waals surface area contributed by atoms with E-state index in [0.29, 0.717) is 19.4 Å². The molecule has 0 unspecified atom stereocenters. The van der Waals surface area contributed by atoms with Gasteiger partial charge in [0.25, 0.3) is 0 Å². The zero-order chi connectivity index (χ0) is 12.7. The van der Waals surface area contributed by atoms with Gasteiger partial charge in [-0.25, -0.2) is 0 Å². The lowest BCUT2D eigenvalue weighted by atomic mass is 10.1. The molecule has 0 aromatic carbocycles. The summed E-state index contributed by atoms with van der Waals surface area (Å²) in [7, 11) is 0. The van der Waals surface area contributed by atoms with Crippen LogP contribution in [0.5, 0.6) is 0 Å². The Kier molecular flexibility index (Phi) is 5.93. The lowest BCUT2D eigenvalue weighted by Crippen LogP contribution is -2.40. The minimum atomic E-state index is -0.968.